The third-order valence-electron chi connectivity index (χ3n) is 4.02. The topological polar surface area (TPSA) is 89.9 Å². The van der Waals surface area contributed by atoms with E-state index < -0.39 is 0 Å². The molecule has 0 aromatic carbocycles. The summed E-state index contributed by atoms with van der Waals surface area (Å²) in [6.45, 7) is 0.926. The monoisotopic (exact) mass is 288 g/mol. The summed E-state index contributed by atoms with van der Waals surface area (Å²) >= 11 is 0. The average molecular weight is 288 g/mol. The molecule has 1 aliphatic heterocycles. The standard InChI is InChI=1S/C13H16N6O2/c20-11(6-18-8-14-7-15-18)19-5-1-2-10(19)12-16-13(21-17-12)9-3-4-9/h7-10H,1-6H2/t10-/m0/s1. The maximum absolute atomic E-state index is 12.4. The highest BCUT2D eigenvalue weighted by molar-refractivity contribution is 5.76. The van der Waals surface area contributed by atoms with E-state index in [1.54, 1.807) is 6.33 Å². The average Bonchev–Trinajstić information content (AvgIpc) is 2.94. The van der Waals surface area contributed by atoms with E-state index in [1.165, 1.54) is 11.0 Å². The molecular weight excluding hydrogens is 272 g/mol. The highest BCUT2D eigenvalue weighted by Gasteiger charge is 2.36. The fourth-order valence-corrected chi connectivity index (χ4v) is 2.76. The number of amides is 1. The molecule has 0 N–H and O–H groups in total. The van der Waals surface area contributed by atoms with Gasteiger partial charge in [0.15, 0.2) is 5.82 Å². The normalized spacial score (nSPS) is 21.9. The molecule has 2 aromatic rings. The van der Waals surface area contributed by atoms with Gasteiger partial charge in [-0.15, -0.1) is 0 Å². The summed E-state index contributed by atoms with van der Waals surface area (Å²) in [4.78, 5) is 22.6. The van der Waals surface area contributed by atoms with Gasteiger partial charge in [-0.1, -0.05) is 5.16 Å². The van der Waals surface area contributed by atoms with Crippen molar-refractivity contribution in [1.29, 1.82) is 0 Å². The first-order valence-electron chi connectivity index (χ1n) is 7.26. The smallest absolute Gasteiger partial charge is 0.244 e. The van der Waals surface area contributed by atoms with E-state index in [2.05, 4.69) is 20.2 Å². The van der Waals surface area contributed by atoms with Crippen LogP contribution >= 0.6 is 0 Å². The number of hydrogen-bond donors (Lipinski definition) is 0. The predicted octanol–water partition coefficient (Wildman–Crippen LogP) is 0.902. The van der Waals surface area contributed by atoms with Gasteiger partial charge in [-0.05, 0) is 25.7 Å². The van der Waals surface area contributed by atoms with Gasteiger partial charge in [0.1, 0.15) is 19.2 Å². The van der Waals surface area contributed by atoms with Gasteiger partial charge in [0.05, 0.1) is 6.04 Å². The van der Waals surface area contributed by atoms with Crippen molar-refractivity contribution in [3.63, 3.8) is 0 Å². The third-order valence-corrected chi connectivity index (χ3v) is 4.02. The first-order valence-corrected chi connectivity index (χ1v) is 7.26. The quantitative estimate of drug-likeness (QED) is 0.830. The molecule has 3 heterocycles. The molecule has 2 aliphatic rings. The third kappa shape index (κ3) is 2.41. The Morgan fingerprint density at radius 3 is 3.05 bits per heavy atom. The Morgan fingerprint density at radius 1 is 1.38 bits per heavy atom. The lowest BCUT2D eigenvalue weighted by molar-refractivity contribution is -0.133. The molecule has 1 atom stereocenters. The molecule has 1 saturated heterocycles. The molecule has 4 rings (SSSR count). The minimum atomic E-state index is -0.0720. The minimum Gasteiger partial charge on any atom is -0.339 e. The summed E-state index contributed by atoms with van der Waals surface area (Å²) < 4.78 is 6.84. The van der Waals surface area contributed by atoms with Crippen LogP contribution in [0.5, 0.6) is 0 Å². The molecule has 1 aliphatic carbocycles. The zero-order valence-electron chi connectivity index (χ0n) is 11.6. The van der Waals surface area contributed by atoms with Crippen LogP contribution in [0.3, 0.4) is 0 Å². The van der Waals surface area contributed by atoms with E-state index in [-0.39, 0.29) is 18.5 Å². The van der Waals surface area contributed by atoms with Crippen LogP contribution in [-0.4, -0.2) is 42.3 Å². The fourth-order valence-electron chi connectivity index (χ4n) is 2.76. The molecule has 8 heteroatoms. The predicted molar refractivity (Wildman–Crippen MR) is 70.0 cm³/mol. The Hall–Kier alpha value is -2.25. The number of nitrogens with zero attached hydrogens (tertiary/aromatic N) is 6. The van der Waals surface area contributed by atoms with Gasteiger partial charge in [-0.2, -0.15) is 10.1 Å². The molecule has 21 heavy (non-hydrogen) atoms. The SMILES string of the molecule is O=C(Cn1cncn1)N1CCC[C@H]1c1noc(C2CC2)n1. The van der Waals surface area contributed by atoms with Gasteiger partial charge in [0.25, 0.3) is 0 Å². The number of carbonyl (C=O) groups excluding carboxylic acids is 1. The van der Waals surface area contributed by atoms with Gasteiger partial charge >= 0.3 is 0 Å². The molecular formula is C13H16N6O2. The Balaban J connectivity index is 1.49. The lowest BCUT2D eigenvalue weighted by Crippen LogP contribution is -2.34. The second kappa shape index (κ2) is 4.94. The van der Waals surface area contributed by atoms with Crippen LogP contribution in [-0.2, 0) is 11.3 Å². The van der Waals surface area contributed by atoms with E-state index in [4.69, 9.17) is 4.52 Å². The molecule has 0 unspecified atom stereocenters. The van der Waals surface area contributed by atoms with Crippen LogP contribution in [0.15, 0.2) is 17.2 Å². The maximum atomic E-state index is 12.4. The van der Waals surface area contributed by atoms with Gasteiger partial charge in [0.2, 0.25) is 11.8 Å². The number of hydrogen-bond acceptors (Lipinski definition) is 6. The summed E-state index contributed by atoms with van der Waals surface area (Å²) in [6.07, 6.45) is 7.06. The second-order valence-electron chi connectivity index (χ2n) is 5.60. The van der Waals surface area contributed by atoms with E-state index in [1.807, 2.05) is 4.90 Å². The van der Waals surface area contributed by atoms with E-state index >= 15 is 0 Å². The summed E-state index contributed by atoms with van der Waals surface area (Å²) in [7, 11) is 0. The van der Waals surface area contributed by atoms with Gasteiger partial charge in [-0.25, -0.2) is 9.67 Å². The van der Waals surface area contributed by atoms with Gasteiger partial charge < -0.3 is 9.42 Å². The number of rotatable bonds is 4. The lowest BCUT2D eigenvalue weighted by atomic mass is 10.2. The summed E-state index contributed by atoms with van der Waals surface area (Å²) in [5.74, 6) is 1.81. The van der Waals surface area contributed by atoms with Crippen molar-refractivity contribution >= 4 is 5.91 Å². The van der Waals surface area contributed by atoms with Crippen molar-refractivity contribution in [3.8, 4) is 0 Å². The van der Waals surface area contributed by atoms with E-state index in [0.29, 0.717) is 11.7 Å². The van der Waals surface area contributed by atoms with E-state index in [9.17, 15) is 4.79 Å². The molecule has 8 nitrogen and oxygen atoms in total. The summed E-state index contributed by atoms with van der Waals surface area (Å²) in [6, 6.07) is -0.0720. The summed E-state index contributed by atoms with van der Waals surface area (Å²) in [5.41, 5.74) is 0. The van der Waals surface area contributed by atoms with Crippen LogP contribution in [0.4, 0.5) is 0 Å². The van der Waals surface area contributed by atoms with Crippen LogP contribution < -0.4 is 0 Å². The number of carbonyl (C=O) groups is 1. The molecule has 2 aromatic heterocycles. The number of aromatic nitrogens is 5. The summed E-state index contributed by atoms with van der Waals surface area (Å²) in [5, 5.41) is 8.04. The highest BCUT2D eigenvalue weighted by Crippen LogP contribution is 2.40. The first kappa shape index (κ1) is 12.5. The molecule has 1 saturated carbocycles. The van der Waals surface area contributed by atoms with Crippen molar-refractivity contribution < 1.29 is 9.32 Å². The Kier molecular flexibility index (Phi) is 2.94. The molecule has 0 radical (unpaired) electrons. The number of likely N-dealkylation sites (tertiary alicyclic amines) is 1. The zero-order valence-corrected chi connectivity index (χ0v) is 11.6. The molecule has 1 amide bonds. The van der Waals surface area contributed by atoms with Crippen LogP contribution in [0, 0.1) is 0 Å². The minimum absolute atomic E-state index is 0.0146. The van der Waals surface area contributed by atoms with Gasteiger partial charge in [-0.3, -0.25) is 4.79 Å². The highest BCUT2D eigenvalue weighted by atomic mass is 16.5. The first-order chi connectivity index (χ1) is 10.3. The van der Waals surface area contributed by atoms with Crippen LogP contribution in [0.2, 0.25) is 0 Å². The lowest BCUT2D eigenvalue weighted by Gasteiger charge is -2.21. The van der Waals surface area contributed by atoms with Crippen LogP contribution in [0.25, 0.3) is 0 Å². The van der Waals surface area contributed by atoms with E-state index in [0.717, 1.165) is 38.1 Å². The van der Waals surface area contributed by atoms with Crippen molar-refractivity contribution in [1.82, 2.24) is 29.8 Å². The molecule has 2 fully saturated rings. The molecule has 110 valence electrons. The van der Waals surface area contributed by atoms with Crippen molar-refractivity contribution in [2.75, 3.05) is 6.54 Å². The van der Waals surface area contributed by atoms with Crippen molar-refractivity contribution in [3.05, 3.63) is 24.4 Å². The van der Waals surface area contributed by atoms with Crippen molar-refractivity contribution in [2.24, 2.45) is 0 Å². The Bertz CT molecular complexity index is 633. The molecule has 0 bridgehead atoms. The zero-order chi connectivity index (χ0) is 14.2. The maximum Gasteiger partial charge on any atom is 0.244 e. The molecule has 0 spiro atoms. The fraction of sp³-hybridized carbons (Fsp3) is 0.615. The Morgan fingerprint density at radius 2 is 2.29 bits per heavy atom. The van der Waals surface area contributed by atoms with Gasteiger partial charge in [0, 0.05) is 12.5 Å². The van der Waals surface area contributed by atoms with Crippen molar-refractivity contribution in [2.45, 2.75) is 44.2 Å². The second-order valence-corrected chi connectivity index (χ2v) is 5.60. The largest absolute Gasteiger partial charge is 0.339 e. The Labute approximate surface area is 121 Å². The van der Waals surface area contributed by atoms with Crippen LogP contribution in [0.1, 0.15) is 49.4 Å².